The van der Waals surface area contributed by atoms with Gasteiger partial charge in [0.1, 0.15) is 4.21 Å². The van der Waals surface area contributed by atoms with Crippen molar-refractivity contribution in [3.63, 3.8) is 0 Å². The van der Waals surface area contributed by atoms with Gasteiger partial charge in [-0.05, 0) is 36.8 Å². The molecule has 1 aromatic carbocycles. The van der Waals surface area contributed by atoms with E-state index in [2.05, 4.69) is 4.90 Å². The zero-order valence-electron chi connectivity index (χ0n) is 15.5. The lowest BCUT2D eigenvalue weighted by Crippen LogP contribution is -2.48. The summed E-state index contributed by atoms with van der Waals surface area (Å²) in [6, 6.07) is 8.83. The van der Waals surface area contributed by atoms with Crippen LogP contribution >= 0.6 is 22.9 Å². The zero-order valence-corrected chi connectivity index (χ0v) is 17.9. The lowest BCUT2D eigenvalue weighted by molar-refractivity contribution is 0.0832. The number of hydrogen-bond acceptors (Lipinski definition) is 5. The highest BCUT2D eigenvalue weighted by atomic mass is 35.5. The Hall–Kier alpha value is -1.61. The molecule has 1 aromatic heterocycles. The molecule has 27 heavy (non-hydrogen) atoms. The van der Waals surface area contributed by atoms with Gasteiger partial charge in [-0.2, -0.15) is 4.31 Å². The first-order chi connectivity index (χ1) is 12.7. The summed E-state index contributed by atoms with van der Waals surface area (Å²) in [7, 11) is -0.304. The maximum absolute atomic E-state index is 12.9. The molecule has 1 fully saturated rings. The zero-order chi connectivity index (χ0) is 19.8. The van der Waals surface area contributed by atoms with Gasteiger partial charge in [-0.15, -0.1) is 11.3 Å². The molecule has 0 N–H and O–H groups in total. The molecule has 3 rings (SSSR count). The fraction of sp³-hybridized carbons (Fsp3) is 0.389. The van der Waals surface area contributed by atoms with Crippen LogP contribution in [-0.4, -0.2) is 63.8 Å². The van der Waals surface area contributed by atoms with Crippen molar-refractivity contribution < 1.29 is 13.2 Å². The molecule has 2 heterocycles. The fourth-order valence-electron chi connectivity index (χ4n) is 3.01. The Balaban J connectivity index is 1.73. The Morgan fingerprint density at radius 3 is 2.41 bits per heavy atom. The predicted molar refractivity (Wildman–Crippen MR) is 109 cm³/mol. The van der Waals surface area contributed by atoms with Gasteiger partial charge in [-0.3, -0.25) is 4.79 Å². The van der Waals surface area contributed by atoms with Crippen LogP contribution in [0, 0.1) is 6.92 Å². The largest absolute Gasteiger partial charge is 0.369 e. The van der Waals surface area contributed by atoms with Crippen molar-refractivity contribution in [3.8, 4) is 0 Å². The molecule has 0 aliphatic carbocycles. The van der Waals surface area contributed by atoms with Crippen LogP contribution in [0.25, 0.3) is 0 Å². The normalized spacial score (nSPS) is 15.8. The lowest BCUT2D eigenvalue weighted by Gasteiger charge is -2.36. The maximum atomic E-state index is 12.9. The first kappa shape index (κ1) is 20.1. The van der Waals surface area contributed by atoms with Crippen molar-refractivity contribution in [2.45, 2.75) is 11.1 Å². The van der Waals surface area contributed by atoms with Gasteiger partial charge in [0.15, 0.2) is 0 Å². The number of nitrogens with zero attached hydrogens (tertiary/aromatic N) is 3. The van der Waals surface area contributed by atoms with Crippen LogP contribution in [-0.2, 0) is 10.0 Å². The van der Waals surface area contributed by atoms with Crippen LogP contribution in [0.3, 0.4) is 0 Å². The molecule has 1 aliphatic rings. The molecule has 2 aromatic rings. The third-order valence-corrected chi connectivity index (χ3v) is 8.22. The van der Waals surface area contributed by atoms with Gasteiger partial charge in [0.05, 0.1) is 4.88 Å². The van der Waals surface area contributed by atoms with E-state index in [-0.39, 0.29) is 10.1 Å². The molecule has 0 spiro atoms. The first-order valence-electron chi connectivity index (χ1n) is 8.53. The molecular formula is C18H22ClN3O3S2. The van der Waals surface area contributed by atoms with Crippen LogP contribution in [0.4, 0.5) is 5.69 Å². The number of hydrogen-bond donors (Lipinski definition) is 0. The molecule has 1 aliphatic heterocycles. The van der Waals surface area contributed by atoms with Gasteiger partial charge in [-0.1, -0.05) is 17.7 Å². The summed E-state index contributed by atoms with van der Waals surface area (Å²) >= 11 is 7.12. The van der Waals surface area contributed by atoms with Crippen molar-refractivity contribution in [1.82, 2.24) is 9.21 Å². The minimum atomic E-state index is -3.60. The third-order valence-electron chi connectivity index (χ3n) is 4.54. The molecule has 0 bridgehead atoms. The number of carbonyl (C=O) groups excluding carboxylic acids is 1. The summed E-state index contributed by atoms with van der Waals surface area (Å²) < 4.78 is 27.6. The molecular weight excluding hydrogens is 406 g/mol. The van der Waals surface area contributed by atoms with Gasteiger partial charge < -0.3 is 9.80 Å². The molecule has 0 atom stereocenters. The summed E-state index contributed by atoms with van der Waals surface area (Å²) in [4.78, 5) is 16.0. The monoisotopic (exact) mass is 427 g/mol. The van der Waals surface area contributed by atoms with E-state index in [0.717, 1.165) is 22.6 Å². The Bertz CT molecular complexity index is 949. The SMILES string of the molecule is Cc1ccc(Cl)cc1N1CCN(S(=O)(=O)c2ccc(C(=O)N(C)C)s2)CC1. The van der Waals surface area contributed by atoms with Gasteiger partial charge in [0.2, 0.25) is 0 Å². The number of amides is 1. The standard InChI is InChI=1S/C18H22ClN3O3S2/c1-13-4-5-14(19)12-15(13)21-8-10-22(11-9-21)27(24,25)17-7-6-16(26-17)18(23)20(2)3/h4-7,12H,8-11H2,1-3H3. The number of piperazine rings is 1. The summed E-state index contributed by atoms with van der Waals surface area (Å²) in [5.41, 5.74) is 2.15. The van der Waals surface area contributed by atoms with E-state index in [1.54, 1.807) is 20.2 Å². The molecule has 1 amide bonds. The summed E-state index contributed by atoms with van der Waals surface area (Å²) in [5.74, 6) is -0.192. The van der Waals surface area contributed by atoms with E-state index in [4.69, 9.17) is 11.6 Å². The second-order valence-corrected chi connectivity index (χ2v) is 10.3. The third kappa shape index (κ3) is 4.13. The quantitative estimate of drug-likeness (QED) is 0.752. The minimum absolute atomic E-state index is 0.192. The van der Waals surface area contributed by atoms with Gasteiger partial charge in [0, 0.05) is 51.0 Å². The summed E-state index contributed by atoms with van der Waals surface area (Å²) in [5, 5.41) is 0.669. The van der Waals surface area contributed by atoms with E-state index in [1.165, 1.54) is 15.3 Å². The number of aryl methyl sites for hydroxylation is 1. The van der Waals surface area contributed by atoms with Gasteiger partial charge in [-0.25, -0.2) is 8.42 Å². The van der Waals surface area contributed by atoms with E-state index < -0.39 is 10.0 Å². The number of rotatable bonds is 4. The molecule has 0 saturated carbocycles. The number of sulfonamides is 1. The van der Waals surface area contributed by atoms with Gasteiger partial charge >= 0.3 is 0 Å². The van der Waals surface area contributed by atoms with Crippen molar-refractivity contribution in [2.75, 3.05) is 45.2 Å². The van der Waals surface area contributed by atoms with Crippen LogP contribution in [0.1, 0.15) is 15.2 Å². The van der Waals surface area contributed by atoms with Crippen molar-refractivity contribution in [1.29, 1.82) is 0 Å². The average molecular weight is 428 g/mol. The van der Waals surface area contributed by atoms with Crippen LogP contribution in [0.15, 0.2) is 34.5 Å². The second-order valence-electron chi connectivity index (χ2n) is 6.64. The Morgan fingerprint density at radius 2 is 1.78 bits per heavy atom. The lowest BCUT2D eigenvalue weighted by atomic mass is 10.1. The molecule has 1 saturated heterocycles. The number of benzene rings is 1. The van der Waals surface area contributed by atoms with Crippen molar-refractivity contribution in [2.24, 2.45) is 0 Å². The van der Waals surface area contributed by atoms with Crippen LogP contribution < -0.4 is 4.90 Å². The summed E-state index contributed by atoms with van der Waals surface area (Å²) in [6.45, 7) is 3.99. The number of thiophene rings is 1. The predicted octanol–water partition coefficient (Wildman–Crippen LogP) is 2.92. The van der Waals surface area contributed by atoms with Crippen molar-refractivity contribution in [3.05, 3.63) is 45.8 Å². The summed E-state index contributed by atoms with van der Waals surface area (Å²) in [6.07, 6.45) is 0. The number of halogens is 1. The van der Waals surface area contributed by atoms with E-state index in [0.29, 0.717) is 36.1 Å². The first-order valence-corrected chi connectivity index (χ1v) is 11.2. The Morgan fingerprint density at radius 1 is 1.11 bits per heavy atom. The maximum Gasteiger partial charge on any atom is 0.263 e. The topological polar surface area (TPSA) is 60.9 Å². The number of anilines is 1. The molecule has 9 heteroatoms. The minimum Gasteiger partial charge on any atom is -0.369 e. The number of carbonyl (C=O) groups is 1. The average Bonchev–Trinajstić information content (AvgIpc) is 3.14. The highest BCUT2D eigenvalue weighted by Crippen LogP contribution is 2.29. The van der Waals surface area contributed by atoms with E-state index in [9.17, 15) is 13.2 Å². The molecule has 146 valence electrons. The Labute approximate surface area is 169 Å². The van der Waals surface area contributed by atoms with Gasteiger partial charge in [0.25, 0.3) is 15.9 Å². The smallest absolute Gasteiger partial charge is 0.263 e. The van der Waals surface area contributed by atoms with E-state index in [1.807, 2.05) is 25.1 Å². The van der Waals surface area contributed by atoms with Crippen molar-refractivity contribution >= 4 is 44.6 Å². The second kappa shape index (κ2) is 7.79. The molecule has 6 nitrogen and oxygen atoms in total. The van der Waals surface area contributed by atoms with E-state index >= 15 is 0 Å². The molecule has 0 unspecified atom stereocenters. The highest BCUT2D eigenvalue weighted by Gasteiger charge is 2.30. The Kier molecular flexibility index (Phi) is 5.81. The highest BCUT2D eigenvalue weighted by molar-refractivity contribution is 7.91. The molecule has 0 radical (unpaired) electrons. The van der Waals surface area contributed by atoms with Crippen LogP contribution in [0.2, 0.25) is 5.02 Å². The van der Waals surface area contributed by atoms with Crippen LogP contribution in [0.5, 0.6) is 0 Å². The fourth-order valence-corrected chi connectivity index (χ4v) is 6.08.